The molecule has 1 fully saturated rings. The van der Waals surface area contributed by atoms with Gasteiger partial charge in [-0.3, -0.25) is 28.5 Å². The van der Waals surface area contributed by atoms with E-state index in [0.29, 0.717) is 24.2 Å². The lowest BCUT2D eigenvalue weighted by Gasteiger charge is -2.35. The van der Waals surface area contributed by atoms with Crippen molar-refractivity contribution in [1.29, 1.82) is 0 Å². The van der Waals surface area contributed by atoms with E-state index < -0.39 is 96.1 Å². The van der Waals surface area contributed by atoms with Crippen molar-refractivity contribution in [1.82, 2.24) is 39.2 Å². The van der Waals surface area contributed by atoms with Gasteiger partial charge in [-0.25, -0.2) is 19.2 Å². The van der Waals surface area contributed by atoms with Gasteiger partial charge in [0.2, 0.25) is 0 Å². The monoisotopic (exact) mass is 1220 g/mol. The summed E-state index contributed by atoms with van der Waals surface area (Å²) in [5.41, 5.74) is 4.92. The summed E-state index contributed by atoms with van der Waals surface area (Å²) in [6.07, 6.45) is 1.60. The Kier molecular flexibility index (Phi) is 24.9. The maximum Gasteiger partial charge on any atom is 0.329 e. The maximum absolute atomic E-state index is 15.2. The molecule has 0 saturated carbocycles. The highest BCUT2D eigenvalue weighted by Crippen LogP contribution is 2.27. The molecular weight excluding hydrogens is 1120 g/mol. The van der Waals surface area contributed by atoms with E-state index in [4.69, 9.17) is 18.9 Å². The normalized spacial score (nSPS) is 22.6. The predicted molar refractivity (Wildman–Crippen MR) is 335 cm³/mol. The van der Waals surface area contributed by atoms with Crippen LogP contribution in [0.2, 0.25) is 0 Å². The second-order valence-corrected chi connectivity index (χ2v) is 27.8. The molecule has 88 heavy (non-hydrogen) atoms. The van der Waals surface area contributed by atoms with Crippen LogP contribution in [0.1, 0.15) is 170 Å². The van der Waals surface area contributed by atoms with E-state index in [1.807, 2.05) is 132 Å². The third-order valence-corrected chi connectivity index (χ3v) is 16.0. The van der Waals surface area contributed by atoms with E-state index >= 15 is 9.59 Å². The van der Waals surface area contributed by atoms with Crippen molar-refractivity contribution in [2.45, 2.75) is 222 Å². The Labute approximate surface area is 522 Å². The Morgan fingerprint density at radius 1 is 0.420 bits per heavy atom. The zero-order chi connectivity index (χ0) is 65.9. The molecule has 20 heteroatoms. The minimum atomic E-state index is -1.55. The average Bonchev–Trinajstić information content (AvgIpc) is 4.20. The number of benzene rings is 2. The number of nitrogens with zero attached hydrogens (tertiary/aromatic N) is 8. The first-order valence-electron chi connectivity index (χ1n) is 31.1. The fourth-order valence-corrected chi connectivity index (χ4v) is 10.6. The van der Waals surface area contributed by atoms with E-state index in [9.17, 15) is 28.8 Å². The molecule has 0 aliphatic carbocycles. The van der Waals surface area contributed by atoms with Crippen LogP contribution in [0.15, 0.2) is 73.3 Å². The van der Waals surface area contributed by atoms with Gasteiger partial charge in [0.1, 0.15) is 24.2 Å². The zero-order valence-corrected chi connectivity index (χ0v) is 56.0. The molecule has 1 aliphatic rings. The topological polar surface area (TPSA) is 222 Å². The van der Waals surface area contributed by atoms with E-state index in [0.717, 1.165) is 32.1 Å². The molecule has 2 aromatic carbocycles. The van der Waals surface area contributed by atoms with Crippen LogP contribution in [-0.4, -0.2) is 163 Å². The summed E-state index contributed by atoms with van der Waals surface area (Å²) in [6.45, 7) is 31.1. The van der Waals surface area contributed by atoms with Crippen molar-refractivity contribution in [3.05, 3.63) is 107 Å². The first kappa shape index (κ1) is 71.4. The molecule has 5 rings (SSSR count). The Balaban J connectivity index is 1.59. The molecular formula is C68H100N8O12. The van der Waals surface area contributed by atoms with Gasteiger partial charge in [0, 0.05) is 53.4 Å². The molecule has 0 spiro atoms. The Bertz CT molecular complexity index is 3020. The largest absolute Gasteiger partial charge is 0.451 e. The SMILES string of the molecule is CC(C)C[C@H]1C(=O)O[C@H](Cc2cccc(Cn3cc(C(C)(C)C)cn3)c2)C(=O)N(C)[C@@H](CC(C)C)C(=O)O[C@H](C)C(=O)N(C)[C@@H](CC(C)C)C(=O)O[C@H](Cc2ccc(Cn3cc(C(C)(C)C)cn3)cc2)C(=O)N(C)[C@@H](CC(C)C)C(=O)O[C@H](C)C(=O)N1C. The summed E-state index contributed by atoms with van der Waals surface area (Å²) < 4.78 is 28.1. The second-order valence-electron chi connectivity index (χ2n) is 27.8. The molecule has 4 amide bonds. The number of likely N-dealkylation sites (N-methyl/N-ethyl adjacent to an activating group) is 4. The summed E-state index contributed by atoms with van der Waals surface area (Å²) in [7, 11) is 5.61. The molecule has 0 bridgehead atoms. The number of ether oxygens (including phenoxy) is 4. The van der Waals surface area contributed by atoms with Gasteiger partial charge < -0.3 is 38.5 Å². The summed E-state index contributed by atoms with van der Waals surface area (Å²) in [5.74, 6) is -7.46. The predicted octanol–water partition coefficient (Wildman–Crippen LogP) is 8.75. The standard InChI is InChI=1S/C68H100N8O12/c1-41(2)28-53-63(81)85-46(10)60(78)72(18)56(31-44(7)8)66(84)88-58(34-49-22-21-23-50(32-49)38-76-40-52(36-70-76)68(14,15)16)62(80)74(20)54(29-42(3)4)64(82)86-45(9)59(77)71(17)55(30-43(5)6)65(83)87-57(61(79)73(53)19)33-47-24-26-48(27-25-47)37-75-39-51(35-69-75)67(11,12)13/h21-27,32,35-36,39-46,53-58H,28-31,33-34,37-38H2,1-20H3/t45-,46-,53+,54+,55+,56+,57-,58-/m1/s1. The van der Waals surface area contributed by atoms with Crippen molar-refractivity contribution < 1.29 is 57.3 Å². The second kappa shape index (κ2) is 30.7. The smallest absolute Gasteiger partial charge is 0.329 e. The highest BCUT2D eigenvalue weighted by atomic mass is 16.6. The molecule has 4 aromatic rings. The third-order valence-electron chi connectivity index (χ3n) is 16.0. The first-order chi connectivity index (χ1) is 40.9. The minimum absolute atomic E-state index is 0.0771. The highest BCUT2D eigenvalue weighted by Gasteiger charge is 2.43. The van der Waals surface area contributed by atoms with E-state index in [1.54, 1.807) is 6.07 Å². The Hall–Kier alpha value is -7.38. The van der Waals surface area contributed by atoms with Crippen molar-refractivity contribution in [2.75, 3.05) is 28.2 Å². The van der Waals surface area contributed by atoms with Crippen LogP contribution in [-0.2, 0) is 94.1 Å². The van der Waals surface area contributed by atoms with E-state index in [2.05, 4.69) is 51.7 Å². The molecule has 0 radical (unpaired) electrons. The molecule has 0 unspecified atom stereocenters. The Morgan fingerprint density at radius 2 is 0.727 bits per heavy atom. The van der Waals surface area contributed by atoms with Crippen LogP contribution in [0.25, 0.3) is 0 Å². The summed E-state index contributed by atoms with van der Waals surface area (Å²) in [6, 6.07) is 9.69. The number of amides is 4. The number of esters is 4. The molecule has 1 saturated heterocycles. The van der Waals surface area contributed by atoms with Gasteiger partial charge in [-0.15, -0.1) is 0 Å². The molecule has 20 nitrogen and oxygen atoms in total. The lowest BCUT2D eigenvalue weighted by atomic mass is 9.90. The zero-order valence-electron chi connectivity index (χ0n) is 56.0. The molecule has 8 atom stereocenters. The lowest BCUT2D eigenvalue weighted by molar-refractivity contribution is -0.176. The number of hydrogen-bond donors (Lipinski definition) is 0. The number of carbonyl (C=O) groups excluding carboxylic acids is 8. The molecule has 3 heterocycles. The maximum atomic E-state index is 15.2. The summed E-state index contributed by atoms with van der Waals surface area (Å²) in [4.78, 5) is 123. The number of cyclic esters (lactones) is 4. The van der Waals surface area contributed by atoms with E-state index in [1.165, 1.54) is 51.8 Å². The van der Waals surface area contributed by atoms with Crippen LogP contribution in [0.5, 0.6) is 0 Å². The van der Waals surface area contributed by atoms with Crippen LogP contribution >= 0.6 is 0 Å². The quantitative estimate of drug-likeness (QED) is 0.0756. The average molecular weight is 1220 g/mol. The Morgan fingerprint density at radius 3 is 1.07 bits per heavy atom. The fraction of sp³-hybridized carbons (Fsp3) is 0.618. The number of aromatic nitrogens is 4. The molecule has 0 N–H and O–H groups in total. The van der Waals surface area contributed by atoms with Gasteiger partial charge in [-0.1, -0.05) is 145 Å². The minimum Gasteiger partial charge on any atom is -0.451 e. The van der Waals surface area contributed by atoms with Gasteiger partial charge in [0.25, 0.3) is 23.6 Å². The van der Waals surface area contributed by atoms with Gasteiger partial charge >= 0.3 is 23.9 Å². The van der Waals surface area contributed by atoms with Crippen molar-refractivity contribution in [3.8, 4) is 0 Å². The molecule has 1 aliphatic heterocycles. The third kappa shape index (κ3) is 19.8. The summed E-state index contributed by atoms with van der Waals surface area (Å²) in [5, 5.41) is 9.13. The summed E-state index contributed by atoms with van der Waals surface area (Å²) >= 11 is 0. The van der Waals surface area contributed by atoms with Crippen LogP contribution in [0, 0.1) is 23.7 Å². The number of carbonyl (C=O) groups is 8. The van der Waals surface area contributed by atoms with Crippen molar-refractivity contribution in [2.24, 2.45) is 23.7 Å². The van der Waals surface area contributed by atoms with Crippen molar-refractivity contribution >= 4 is 47.5 Å². The highest BCUT2D eigenvalue weighted by molar-refractivity contribution is 5.94. The van der Waals surface area contributed by atoms with Crippen molar-refractivity contribution in [3.63, 3.8) is 0 Å². The fourth-order valence-electron chi connectivity index (χ4n) is 10.6. The van der Waals surface area contributed by atoms with Crippen LogP contribution in [0.3, 0.4) is 0 Å². The van der Waals surface area contributed by atoms with Crippen LogP contribution in [0.4, 0.5) is 0 Å². The van der Waals surface area contributed by atoms with Gasteiger partial charge in [-0.2, -0.15) is 10.2 Å². The molecule has 484 valence electrons. The van der Waals surface area contributed by atoms with E-state index in [-0.39, 0.29) is 73.0 Å². The van der Waals surface area contributed by atoms with Gasteiger partial charge in [-0.05, 0) is 107 Å². The lowest BCUT2D eigenvalue weighted by Crippen LogP contribution is -2.55. The van der Waals surface area contributed by atoms with Gasteiger partial charge in [0.15, 0.2) is 24.4 Å². The number of hydrogen-bond acceptors (Lipinski definition) is 14. The first-order valence-corrected chi connectivity index (χ1v) is 31.1. The molecule has 2 aromatic heterocycles. The van der Waals surface area contributed by atoms with Gasteiger partial charge in [0.05, 0.1) is 25.5 Å². The number of rotatable bonds is 16. The van der Waals surface area contributed by atoms with Crippen LogP contribution < -0.4 is 0 Å².